The fourth-order valence-electron chi connectivity index (χ4n) is 1.84. The lowest BCUT2D eigenvalue weighted by Crippen LogP contribution is -2.11. The quantitative estimate of drug-likeness (QED) is 0.515. The third-order valence-corrected chi connectivity index (χ3v) is 2.88. The van der Waals surface area contributed by atoms with Gasteiger partial charge in [-0.1, -0.05) is 31.2 Å². The highest BCUT2D eigenvalue weighted by Crippen LogP contribution is 2.19. The van der Waals surface area contributed by atoms with Crippen molar-refractivity contribution in [3.05, 3.63) is 59.7 Å². The largest absolute Gasteiger partial charge is 0.423 e. The number of esters is 1. The van der Waals surface area contributed by atoms with Crippen molar-refractivity contribution in [1.82, 2.24) is 0 Å². The zero-order valence-corrected chi connectivity index (χ0v) is 11.1. The summed E-state index contributed by atoms with van der Waals surface area (Å²) in [4.78, 5) is 22.7. The molecule has 0 fully saturated rings. The Hall–Kier alpha value is -2.62. The van der Waals surface area contributed by atoms with Crippen molar-refractivity contribution in [2.75, 3.05) is 5.32 Å². The van der Waals surface area contributed by atoms with Crippen LogP contribution in [-0.4, -0.2) is 12.4 Å². The fourth-order valence-corrected chi connectivity index (χ4v) is 1.84. The lowest BCUT2D eigenvalue weighted by Gasteiger charge is -2.09. The van der Waals surface area contributed by atoms with Gasteiger partial charge in [0, 0.05) is 0 Å². The first-order chi connectivity index (χ1) is 9.74. The van der Waals surface area contributed by atoms with E-state index in [9.17, 15) is 9.59 Å². The monoisotopic (exact) mass is 269 g/mol. The molecule has 2 aromatic rings. The third-order valence-electron chi connectivity index (χ3n) is 2.88. The van der Waals surface area contributed by atoms with E-state index in [4.69, 9.17) is 4.74 Å². The first-order valence-electron chi connectivity index (χ1n) is 6.35. The van der Waals surface area contributed by atoms with E-state index in [0.717, 1.165) is 12.0 Å². The molecule has 0 aromatic heterocycles. The number of para-hydroxylation sites is 1. The van der Waals surface area contributed by atoms with Crippen molar-refractivity contribution in [3.63, 3.8) is 0 Å². The molecule has 0 saturated carbocycles. The van der Waals surface area contributed by atoms with Crippen LogP contribution in [0.5, 0.6) is 5.75 Å². The van der Waals surface area contributed by atoms with E-state index in [1.807, 2.05) is 25.1 Å². The molecular weight excluding hydrogens is 254 g/mol. The number of anilines is 1. The molecule has 4 heteroatoms. The van der Waals surface area contributed by atoms with E-state index in [1.54, 1.807) is 30.3 Å². The zero-order valence-electron chi connectivity index (χ0n) is 11.1. The summed E-state index contributed by atoms with van der Waals surface area (Å²) in [5.41, 5.74) is 1.84. The van der Waals surface area contributed by atoms with Gasteiger partial charge in [0.2, 0.25) is 6.41 Å². The van der Waals surface area contributed by atoms with Gasteiger partial charge in [-0.25, -0.2) is 4.79 Å². The Balaban J connectivity index is 2.21. The summed E-state index contributed by atoms with van der Waals surface area (Å²) in [6, 6.07) is 14.1. The minimum Gasteiger partial charge on any atom is -0.423 e. The van der Waals surface area contributed by atoms with E-state index in [0.29, 0.717) is 23.4 Å². The topological polar surface area (TPSA) is 55.4 Å². The maximum Gasteiger partial charge on any atom is 0.345 e. The molecule has 0 aliphatic carbocycles. The highest BCUT2D eigenvalue weighted by molar-refractivity contribution is 5.98. The van der Waals surface area contributed by atoms with Crippen LogP contribution in [0.4, 0.5) is 5.69 Å². The van der Waals surface area contributed by atoms with Crippen LogP contribution in [0.25, 0.3) is 0 Å². The van der Waals surface area contributed by atoms with Gasteiger partial charge in [0.25, 0.3) is 0 Å². The van der Waals surface area contributed by atoms with Gasteiger partial charge in [-0.05, 0) is 36.2 Å². The average Bonchev–Trinajstić information content (AvgIpc) is 2.48. The predicted molar refractivity (Wildman–Crippen MR) is 76.9 cm³/mol. The summed E-state index contributed by atoms with van der Waals surface area (Å²) >= 11 is 0. The molecule has 0 spiro atoms. The molecule has 1 N–H and O–H groups in total. The molecule has 1 amide bonds. The third kappa shape index (κ3) is 3.23. The number of hydrogen-bond acceptors (Lipinski definition) is 3. The van der Waals surface area contributed by atoms with E-state index in [2.05, 4.69) is 5.32 Å². The van der Waals surface area contributed by atoms with Gasteiger partial charge < -0.3 is 10.1 Å². The van der Waals surface area contributed by atoms with Gasteiger partial charge in [0.05, 0.1) is 11.3 Å². The summed E-state index contributed by atoms with van der Waals surface area (Å²) in [6.45, 7) is 2.03. The van der Waals surface area contributed by atoms with Crippen LogP contribution in [0.3, 0.4) is 0 Å². The summed E-state index contributed by atoms with van der Waals surface area (Å²) in [7, 11) is 0. The van der Waals surface area contributed by atoms with Gasteiger partial charge in [-0.15, -0.1) is 0 Å². The van der Waals surface area contributed by atoms with Gasteiger partial charge in [0.1, 0.15) is 5.75 Å². The SMILES string of the molecule is CCc1cccc(OC(=O)c2ccccc2NC=O)c1. The first-order valence-corrected chi connectivity index (χ1v) is 6.35. The van der Waals surface area contributed by atoms with E-state index in [1.165, 1.54) is 0 Å². The molecule has 102 valence electrons. The van der Waals surface area contributed by atoms with Crippen LogP contribution in [0.15, 0.2) is 48.5 Å². The zero-order chi connectivity index (χ0) is 14.4. The number of carbonyl (C=O) groups excluding carboxylic acids is 2. The van der Waals surface area contributed by atoms with Gasteiger partial charge in [-0.3, -0.25) is 4.79 Å². The lowest BCUT2D eigenvalue weighted by molar-refractivity contribution is -0.105. The maximum atomic E-state index is 12.1. The van der Waals surface area contributed by atoms with E-state index in [-0.39, 0.29) is 0 Å². The van der Waals surface area contributed by atoms with E-state index < -0.39 is 5.97 Å². The van der Waals surface area contributed by atoms with Crippen molar-refractivity contribution >= 4 is 18.1 Å². The number of nitrogens with one attached hydrogen (secondary N) is 1. The lowest BCUT2D eigenvalue weighted by atomic mass is 10.1. The highest BCUT2D eigenvalue weighted by Gasteiger charge is 2.13. The summed E-state index contributed by atoms with van der Waals surface area (Å²) < 4.78 is 5.34. The smallest absolute Gasteiger partial charge is 0.345 e. The second-order valence-electron chi connectivity index (χ2n) is 4.20. The molecule has 0 heterocycles. The molecule has 0 saturated heterocycles. The van der Waals surface area contributed by atoms with Crippen LogP contribution in [0, 0.1) is 0 Å². The van der Waals surface area contributed by atoms with Crippen LogP contribution >= 0.6 is 0 Å². The second-order valence-corrected chi connectivity index (χ2v) is 4.20. The van der Waals surface area contributed by atoms with E-state index >= 15 is 0 Å². The van der Waals surface area contributed by atoms with Crippen molar-refractivity contribution in [2.24, 2.45) is 0 Å². The molecule has 0 radical (unpaired) electrons. The standard InChI is InChI=1S/C16H15NO3/c1-2-12-6-5-7-13(10-12)20-16(19)14-8-3-4-9-15(14)17-11-18/h3-11H,2H2,1H3,(H,17,18). The van der Waals surface area contributed by atoms with Gasteiger partial charge >= 0.3 is 5.97 Å². The Bertz CT molecular complexity index is 623. The number of rotatable bonds is 5. The Morgan fingerprint density at radius 2 is 2.00 bits per heavy atom. The number of benzene rings is 2. The van der Waals surface area contributed by atoms with Crippen LogP contribution in [-0.2, 0) is 11.2 Å². The minimum absolute atomic E-state index is 0.321. The number of carbonyl (C=O) groups is 2. The molecule has 0 unspecified atom stereocenters. The molecule has 0 aliphatic heterocycles. The molecule has 2 aromatic carbocycles. The second kappa shape index (κ2) is 6.52. The number of hydrogen-bond donors (Lipinski definition) is 1. The molecule has 4 nitrogen and oxygen atoms in total. The molecule has 0 atom stereocenters. The minimum atomic E-state index is -0.497. The normalized spacial score (nSPS) is 9.85. The first kappa shape index (κ1) is 13.8. The molecule has 0 bridgehead atoms. The van der Waals surface area contributed by atoms with Crippen molar-refractivity contribution in [1.29, 1.82) is 0 Å². The Labute approximate surface area is 117 Å². The van der Waals surface area contributed by atoms with Gasteiger partial charge in [-0.2, -0.15) is 0 Å². The Morgan fingerprint density at radius 1 is 1.20 bits per heavy atom. The van der Waals surface area contributed by atoms with Crippen molar-refractivity contribution in [3.8, 4) is 5.75 Å². The summed E-state index contributed by atoms with van der Waals surface area (Å²) in [6.07, 6.45) is 1.40. The van der Waals surface area contributed by atoms with Crippen LogP contribution in [0.2, 0.25) is 0 Å². The van der Waals surface area contributed by atoms with Gasteiger partial charge in [0.15, 0.2) is 0 Å². The predicted octanol–water partition coefficient (Wildman–Crippen LogP) is 3.04. The molecule has 0 aliphatic rings. The maximum absolute atomic E-state index is 12.1. The van der Waals surface area contributed by atoms with Crippen LogP contribution < -0.4 is 10.1 Å². The van der Waals surface area contributed by atoms with Crippen molar-refractivity contribution in [2.45, 2.75) is 13.3 Å². The highest BCUT2D eigenvalue weighted by atomic mass is 16.5. The van der Waals surface area contributed by atoms with Crippen LogP contribution in [0.1, 0.15) is 22.8 Å². The number of ether oxygens (including phenoxy) is 1. The Kier molecular flexibility index (Phi) is 4.50. The molecule has 2 rings (SSSR count). The number of aryl methyl sites for hydroxylation is 1. The summed E-state index contributed by atoms with van der Waals surface area (Å²) in [5.74, 6) is -0.00143. The summed E-state index contributed by atoms with van der Waals surface area (Å²) in [5, 5.41) is 2.48. The number of amides is 1. The van der Waals surface area contributed by atoms with Crippen molar-refractivity contribution < 1.29 is 14.3 Å². The molecular formula is C16H15NO3. The average molecular weight is 269 g/mol. The Morgan fingerprint density at radius 3 is 2.75 bits per heavy atom. The molecule has 20 heavy (non-hydrogen) atoms. The fraction of sp³-hybridized carbons (Fsp3) is 0.125.